The summed E-state index contributed by atoms with van der Waals surface area (Å²) in [5.41, 5.74) is 2.10. The molecule has 1 amide bonds. The van der Waals surface area contributed by atoms with Crippen molar-refractivity contribution in [1.82, 2.24) is 15.3 Å². The highest BCUT2D eigenvalue weighted by Crippen LogP contribution is 2.49. The van der Waals surface area contributed by atoms with Crippen molar-refractivity contribution in [3.8, 4) is 0 Å². The number of para-hydroxylation sites is 2. The van der Waals surface area contributed by atoms with Gasteiger partial charge in [-0.1, -0.05) is 18.6 Å². The van der Waals surface area contributed by atoms with Crippen molar-refractivity contribution >= 4 is 16.9 Å². The Labute approximate surface area is 137 Å². The van der Waals surface area contributed by atoms with Crippen molar-refractivity contribution in [2.24, 2.45) is 17.8 Å². The lowest BCUT2D eigenvalue weighted by Crippen LogP contribution is -2.28. The Morgan fingerprint density at radius 3 is 2.96 bits per heavy atom. The first-order chi connectivity index (χ1) is 11.3. The maximum Gasteiger partial charge on any atom is 0.220 e. The van der Waals surface area contributed by atoms with E-state index in [1.165, 1.54) is 25.7 Å². The lowest BCUT2D eigenvalue weighted by molar-refractivity contribution is -0.122. The minimum absolute atomic E-state index is 0.243. The average molecular weight is 311 g/mol. The number of hydrogen-bond donors (Lipinski definition) is 2. The molecule has 2 aromatic rings. The first-order valence-electron chi connectivity index (χ1n) is 8.98. The van der Waals surface area contributed by atoms with Gasteiger partial charge in [-0.05, 0) is 55.6 Å². The molecule has 2 aliphatic carbocycles. The van der Waals surface area contributed by atoms with Crippen molar-refractivity contribution in [2.75, 3.05) is 6.54 Å². The minimum atomic E-state index is 0.243. The molecule has 4 rings (SSSR count). The fourth-order valence-corrected chi connectivity index (χ4v) is 4.54. The van der Waals surface area contributed by atoms with Crippen LogP contribution in [0.1, 0.15) is 44.3 Å². The second-order valence-electron chi connectivity index (χ2n) is 7.29. The standard InChI is InChI=1S/C19H25N3O/c23-19(12-15-11-13-7-8-14(15)10-13)20-9-3-6-18-21-16-4-1-2-5-17(16)22-18/h1-2,4-5,13-15H,3,6-12H2,(H,20,23)(H,21,22)/t13-,14-,15-/m0/s1. The van der Waals surface area contributed by atoms with Crippen LogP contribution in [0, 0.1) is 17.8 Å². The van der Waals surface area contributed by atoms with Crippen LogP contribution in [0.25, 0.3) is 11.0 Å². The molecule has 122 valence electrons. The highest BCUT2D eigenvalue weighted by Gasteiger charge is 2.39. The zero-order valence-electron chi connectivity index (χ0n) is 13.6. The SMILES string of the molecule is O=C(C[C@@H]1C[C@H]2CC[C@H]1C2)NCCCc1nc2ccccc2[nH]1. The summed E-state index contributed by atoms with van der Waals surface area (Å²) in [6, 6.07) is 8.08. The fourth-order valence-electron chi connectivity index (χ4n) is 4.54. The maximum atomic E-state index is 12.1. The Morgan fingerprint density at radius 2 is 2.17 bits per heavy atom. The van der Waals surface area contributed by atoms with Crippen LogP contribution in [0.2, 0.25) is 0 Å². The van der Waals surface area contributed by atoms with E-state index in [0.29, 0.717) is 5.92 Å². The number of nitrogens with one attached hydrogen (secondary N) is 2. The third kappa shape index (κ3) is 3.26. The van der Waals surface area contributed by atoms with E-state index in [9.17, 15) is 4.79 Å². The molecule has 3 atom stereocenters. The van der Waals surface area contributed by atoms with Gasteiger partial charge in [0.1, 0.15) is 5.82 Å². The molecule has 2 N–H and O–H groups in total. The van der Waals surface area contributed by atoms with Crippen molar-refractivity contribution in [3.05, 3.63) is 30.1 Å². The van der Waals surface area contributed by atoms with Crippen LogP contribution in [0.3, 0.4) is 0 Å². The molecule has 2 aliphatic rings. The molecule has 0 radical (unpaired) electrons. The topological polar surface area (TPSA) is 57.8 Å². The van der Waals surface area contributed by atoms with Crippen molar-refractivity contribution in [3.63, 3.8) is 0 Å². The number of imidazole rings is 1. The largest absolute Gasteiger partial charge is 0.356 e. The van der Waals surface area contributed by atoms with Crippen molar-refractivity contribution < 1.29 is 4.79 Å². The second-order valence-corrected chi connectivity index (χ2v) is 7.29. The molecule has 0 aliphatic heterocycles. The number of carbonyl (C=O) groups is 1. The number of fused-ring (bicyclic) bond motifs is 3. The lowest BCUT2D eigenvalue weighted by Gasteiger charge is -2.20. The Morgan fingerprint density at radius 1 is 1.26 bits per heavy atom. The molecule has 2 saturated carbocycles. The monoisotopic (exact) mass is 311 g/mol. The molecule has 1 aromatic heterocycles. The predicted molar refractivity (Wildman–Crippen MR) is 91.0 cm³/mol. The van der Waals surface area contributed by atoms with Gasteiger partial charge in [-0.3, -0.25) is 4.79 Å². The summed E-state index contributed by atoms with van der Waals surface area (Å²) in [5.74, 6) is 3.66. The number of H-pyrrole nitrogens is 1. The number of carbonyl (C=O) groups excluding carboxylic acids is 1. The molecule has 2 fully saturated rings. The number of amides is 1. The van der Waals surface area contributed by atoms with Crippen LogP contribution in [0.4, 0.5) is 0 Å². The molecule has 0 spiro atoms. The third-order valence-corrected chi connectivity index (χ3v) is 5.68. The molecule has 1 heterocycles. The Balaban J connectivity index is 1.19. The zero-order valence-corrected chi connectivity index (χ0v) is 13.6. The molecule has 23 heavy (non-hydrogen) atoms. The van der Waals surface area contributed by atoms with E-state index in [2.05, 4.69) is 15.3 Å². The summed E-state index contributed by atoms with van der Waals surface area (Å²) in [7, 11) is 0. The molecular formula is C19H25N3O. The maximum absolute atomic E-state index is 12.1. The van der Waals surface area contributed by atoms with E-state index < -0.39 is 0 Å². The highest BCUT2D eigenvalue weighted by atomic mass is 16.1. The zero-order chi connectivity index (χ0) is 15.6. The van der Waals surface area contributed by atoms with Crippen molar-refractivity contribution in [1.29, 1.82) is 0 Å². The van der Waals surface area contributed by atoms with Gasteiger partial charge in [-0.15, -0.1) is 0 Å². The number of aromatic nitrogens is 2. The lowest BCUT2D eigenvalue weighted by atomic mass is 9.86. The molecule has 1 aromatic carbocycles. The van der Waals surface area contributed by atoms with Gasteiger partial charge in [0.25, 0.3) is 0 Å². The molecule has 4 heteroatoms. The van der Waals surface area contributed by atoms with E-state index in [0.717, 1.165) is 54.5 Å². The second kappa shape index (κ2) is 6.34. The van der Waals surface area contributed by atoms with Gasteiger partial charge in [-0.25, -0.2) is 4.98 Å². The van der Waals surface area contributed by atoms with Crippen LogP contribution >= 0.6 is 0 Å². The molecule has 0 saturated heterocycles. The van der Waals surface area contributed by atoms with Crippen LogP contribution in [-0.4, -0.2) is 22.4 Å². The van der Waals surface area contributed by atoms with Crippen LogP contribution in [-0.2, 0) is 11.2 Å². The van der Waals surface area contributed by atoms with Crippen LogP contribution in [0.15, 0.2) is 24.3 Å². The molecule has 4 nitrogen and oxygen atoms in total. The number of benzene rings is 1. The predicted octanol–water partition coefficient (Wildman–Crippen LogP) is 3.44. The smallest absolute Gasteiger partial charge is 0.220 e. The first kappa shape index (κ1) is 14.7. The quantitative estimate of drug-likeness (QED) is 0.803. The number of rotatable bonds is 6. The molecule has 0 unspecified atom stereocenters. The van der Waals surface area contributed by atoms with Gasteiger partial charge in [0.15, 0.2) is 0 Å². The average Bonchev–Trinajstić information content (AvgIpc) is 3.25. The number of nitrogens with zero attached hydrogens (tertiary/aromatic N) is 1. The van der Waals surface area contributed by atoms with E-state index in [1.54, 1.807) is 0 Å². The highest BCUT2D eigenvalue weighted by molar-refractivity contribution is 5.76. The van der Waals surface area contributed by atoms with E-state index >= 15 is 0 Å². The van der Waals surface area contributed by atoms with Gasteiger partial charge < -0.3 is 10.3 Å². The number of aromatic amines is 1. The van der Waals surface area contributed by atoms with Gasteiger partial charge in [0, 0.05) is 19.4 Å². The number of aryl methyl sites for hydroxylation is 1. The number of hydrogen-bond acceptors (Lipinski definition) is 2. The summed E-state index contributed by atoms with van der Waals surface area (Å²) in [5, 5.41) is 3.09. The van der Waals surface area contributed by atoms with Crippen molar-refractivity contribution in [2.45, 2.75) is 44.9 Å². The van der Waals surface area contributed by atoms with Gasteiger partial charge in [0.05, 0.1) is 11.0 Å². The van der Waals surface area contributed by atoms with Crippen LogP contribution in [0.5, 0.6) is 0 Å². The third-order valence-electron chi connectivity index (χ3n) is 5.68. The summed E-state index contributed by atoms with van der Waals surface area (Å²) >= 11 is 0. The summed E-state index contributed by atoms with van der Waals surface area (Å²) in [6.07, 6.45) is 7.98. The summed E-state index contributed by atoms with van der Waals surface area (Å²) in [4.78, 5) is 20.0. The van der Waals surface area contributed by atoms with E-state index in [1.807, 2.05) is 24.3 Å². The van der Waals surface area contributed by atoms with E-state index in [-0.39, 0.29) is 5.91 Å². The Kier molecular flexibility index (Phi) is 4.06. The summed E-state index contributed by atoms with van der Waals surface area (Å²) in [6.45, 7) is 0.747. The molecular weight excluding hydrogens is 286 g/mol. The van der Waals surface area contributed by atoms with Gasteiger partial charge >= 0.3 is 0 Å². The van der Waals surface area contributed by atoms with E-state index in [4.69, 9.17) is 0 Å². The Hall–Kier alpha value is -1.84. The fraction of sp³-hybridized carbons (Fsp3) is 0.579. The van der Waals surface area contributed by atoms with Gasteiger partial charge in [-0.2, -0.15) is 0 Å². The molecule has 2 bridgehead atoms. The first-order valence-corrected chi connectivity index (χ1v) is 8.98. The van der Waals surface area contributed by atoms with Gasteiger partial charge in [0.2, 0.25) is 5.91 Å². The van der Waals surface area contributed by atoms with Crippen LogP contribution < -0.4 is 5.32 Å². The minimum Gasteiger partial charge on any atom is -0.356 e. The Bertz CT molecular complexity index is 660. The normalized spacial score (nSPS) is 26.0. The summed E-state index contributed by atoms with van der Waals surface area (Å²) < 4.78 is 0.